The van der Waals surface area contributed by atoms with E-state index in [-0.39, 0.29) is 5.91 Å². The number of rotatable bonds is 6. The maximum Gasteiger partial charge on any atom is 0.272 e. The van der Waals surface area contributed by atoms with Gasteiger partial charge in [-0.15, -0.1) is 0 Å². The van der Waals surface area contributed by atoms with E-state index in [9.17, 15) is 4.79 Å². The third kappa shape index (κ3) is 3.42. The van der Waals surface area contributed by atoms with Crippen LogP contribution in [0.3, 0.4) is 0 Å². The molecule has 126 valence electrons. The number of nitrogens with zero attached hydrogens (tertiary/aromatic N) is 1. The van der Waals surface area contributed by atoms with Crippen LogP contribution in [0.2, 0.25) is 0 Å². The van der Waals surface area contributed by atoms with Crippen LogP contribution in [-0.2, 0) is 9.53 Å². The predicted octanol–water partition coefficient (Wildman–Crippen LogP) is 2.44. The lowest BCUT2D eigenvalue weighted by Gasteiger charge is -2.34. The summed E-state index contributed by atoms with van der Waals surface area (Å²) >= 11 is 0. The van der Waals surface area contributed by atoms with Gasteiger partial charge in [0.05, 0.1) is 18.9 Å². The molecule has 1 heterocycles. The quantitative estimate of drug-likeness (QED) is 0.828. The molecule has 0 saturated heterocycles. The van der Waals surface area contributed by atoms with Crippen LogP contribution < -0.4 is 15.4 Å². The van der Waals surface area contributed by atoms with Crippen molar-refractivity contribution >= 4 is 11.6 Å². The lowest BCUT2D eigenvalue weighted by atomic mass is 10.0. The van der Waals surface area contributed by atoms with Crippen LogP contribution in [0.1, 0.15) is 17.2 Å². The third-order valence-corrected chi connectivity index (χ3v) is 3.96. The summed E-state index contributed by atoms with van der Waals surface area (Å²) in [6, 6.07) is 15.4. The van der Waals surface area contributed by atoms with Gasteiger partial charge < -0.3 is 20.1 Å². The molecule has 0 spiro atoms. The van der Waals surface area contributed by atoms with Gasteiger partial charge in [-0.3, -0.25) is 4.79 Å². The molecule has 1 unspecified atom stereocenters. The van der Waals surface area contributed by atoms with Crippen LogP contribution in [0.15, 0.2) is 48.5 Å². The summed E-state index contributed by atoms with van der Waals surface area (Å²) in [5.41, 5.74) is 8.17. The second-order valence-corrected chi connectivity index (χ2v) is 5.77. The average Bonchev–Trinajstić information content (AvgIpc) is 2.60. The van der Waals surface area contributed by atoms with Gasteiger partial charge in [-0.25, -0.2) is 0 Å². The van der Waals surface area contributed by atoms with Crippen molar-refractivity contribution in [1.82, 2.24) is 0 Å². The first-order valence-corrected chi connectivity index (χ1v) is 8.12. The molecule has 0 bridgehead atoms. The van der Waals surface area contributed by atoms with Gasteiger partial charge in [0.2, 0.25) is 6.10 Å². The van der Waals surface area contributed by atoms with Gasteiger partial charge in [0, 0.05) is 18.7 Å². The van der Waals surface area contributed by atoms with Gasteiger partial charge in [-0.1, -0.05) is 36.4 Å². The first kappa shape index (κ1) is 16.5. The van der Waals surface area contributed by atoms with Crippen LogP contribution in [0.5, 0.6) is 5.75 Å². The highest BCUT2D eigenvalue weighted by atomic mass is 16.5. The molecule has 2 aromatic rings. The molecular formula is C19H22N2O3. The highest BCUT2D eigenvalue weighted by Gasteiger charge is 2.35. The van der Waals surface area contributed by atoms with Crippen LogP contribution in [-0.4, -0.2) is 32.2 Å². The molecule has 0 saturated carbocycles. The molecule has 2 N–H and O–H groups in total. The SMILES string of the molecule is Cc1ccc2c(c1)OC(c1ccccc1)C(=O)N2CCOCCN. The third-order valence-electron chi connectivity index (χ3n) is 3.96. The minimum atomic E-state index is -0.630. The highest BCUT2D eigenvalue weighted by Crippen LogP contribution is 2.39. The van der Waals surface area contributed by atoms with Crippen LogP contribution in [0, 0.1) is 6.92 Å². The van der Waals surface area contributed by atoms with Crippen molar-refractivity contribution in [3.63, 3.8) is 0 Å². The van der Waals surface area contributed by atoms with E-state index >= 15 is 0 Å². The van der Waals surface area contributed by atoms with Crippen molar-refractivity contribution < 1.29 is 14.3 Å². The van der Waals surface area contributed by atoms with E-state index < -0.39 is 6.10 Å². The Kier molecular flexibility index (Phi) is 5.13. The number of fused-ring (bicyclic) bond motifs is 1. The van der Waals surface area contributed by atoms with Crippen molar-refractivity contribution in [3.05, 3.63) is 59.7 Å². The van der Waals surface area contributed by atoms with Crippen molar-refractivity contribution in [1.29, 1.82) is 0 Å². The Labute approximate surface area is 142 Å². The molecule has 1 amide bonds. The summed E-state index contributed by atoms with van der Waals surface area (Å²) in [4.78, 5) is 14.7. The number of carbonyl (C=O) groups is 1. The first-order chi connectivity index (χ1) is 11.7. The Morgan fingerprint density at radius 1 is 1.17 bits per heavy atom. The zero-order valence-corrected chi connectivity index (χ0v) is 13.8. The van der Waals surface area contributed by atoms with Crippen LogP contribution in [0.4, 0.5) is 5.69 Å². The molecule has 5 heteroatoms. The van der Waals surface area contributed by atoms with Crippen molar-refractivity contribution in [2.75, 3.05) is 31.2 Å². The molecule has 24 heavy (non-hydrogen) atoms. The maximum absolute atomic E-state index is 13.0. The van der Waals surface area contributed by atoms with E-state index in [1.807, 2.05) is 55.5 Å². The Morgan fingerprint density at radius 2 is 1.96 bits per heavy atom. The zero-order chi connectivity index (χ0) is 16.9. The fourth-order valence-electron chi connectivity index (χ4n) is 2.79. The Morgan fingerprint density at radius 3 is 2.71 bits per heavy atom. The number of amides is 1. The molecule has 0 fully saturated rings. The molecular weight excluding hydrogens is 304 g/mol. The summed E-state index contributed by atoms with van der Waals surface area (Å²) < 4.78 is 11.5. The smallest absolute Gasteiger partial charge is 0.272 e. The lowest BCUT2D eigenvalue weighted by molar-refractivity contribution is -0.126. The topological polar surface area (TPSA) is 64.8 Å². The van der Waals surface area contributed by atoms with Gasteiger partial charge in [0.1, 0.15) is 5.75 Å². The number of nitrogens with two attached hydrogens (primary N) is 1. The molecule has 0 aromatic heterocycles. The van der Waals surface area contributed by atoms with Crippen molar-refractivity contribution in [2.45, 2.75) is 13.0 Å². The maximum atomic E-state index is 13.0. The van der Waals surface area contributed by atoms with Gasteiger partial charge in [0.25, 0.3) is 5.91 Å². The van der Waals surface area contributed by atoms with Crippen LogP contribution >= 0.6 is 0 Å². The molecule has 5 nitrogen and oxygen atoms in total. The molecule has 1 atom stereocenters. The molecule has 1 aliphatic heterocycles. The van der Waals surface area contributed by atoms with E-state index in [1.54, 1.807) is 4.90 Å². The van der Waals surface area contributed by atoms with Crippen molar-refractivity contribution in [3.8, 4) is 5.75 Å². The Balaban J connectivity index is 1.89. The summed E-state index contributed by atoms with van der Waals surface area (Å²) in [7, 11) is 0. The minimum absolute atomic E-state index is 0.0751. The predicted molar refractivity (Wildman–Crippen MR) is 93.2 cm³/mol. The molecule has 0 radical (unpaired) electrons. The minimum Gasteiger partial charge on any atom is -0.474 e. The number of aryl methyl sites for hydroxylation is 1. The fraction of sp³-hybridized carbons (Fsp3) is 0.316. The second-order valence-electron chi connectivity index (χ2n) is 5.77. The van der Waals surface area contributed by atoms with E-state index in [0.717, 1.165) is 22.6 Å². The standard InChI is InChI=1S/C19H22N2O3/c1-14-7-8-16-17(13-14)24-18(15-5-3-2-4-6-15)19(22)21(16)10-12-23-11-9-20/h2-8,13,18H,9-12,20H2,1H3. The zero-order valence-electron chi connectivity index (χ0n) is 13.8. The molecule has 1 aliphatic rings. The highest BCUT2D eigenvalue weighted by molar-refractivity contribution is 6.00. The summed E-state index contributed by atoms with van der Waals surface area (Å²) in [5.74, 6) is 0.649. The number of carbonyl (C=O) groups excluding carboxylic acids is 1. The van der Waals surface area contributed by atoms with E-state index in [2.05, 4.69) is 0 Å². The lowest BCUT2D eigenvalue weighted by Crippen LogP contribution is -2.43. The van der Waals surface area contributed by atoms with Gasteiger partial charge in [-0.2, -0.15) is 0 Å². The number of ether oxygens (including phenoxy) is 2. The monoisotopic (exact) mass is 326 g/mol. The Hall–Kier alpha value is -2.37. The summed E-state index contributed by atoms with van der Waals surface area (Å²) in [6.45, 7) is 3.88. The second kappa shape index (κ2) is 7.47. The average molecular weight is 326 g/mol. The van der Waals surface area contributed by atoms with E-state index in [0.29, 0.717) is 26.3 Å². The largest absolute Gasteiger partial charge is 0.474 e. The number of hydrogen-bond acceptors (Lipinski definition) is 4. The normalized spacial score (nSPS) is 16.7. The van der Waals surface area contributed by atoms with Crippen molar-refractivity contribution in [2.24, 2.45) is 5.73 Å². The molecule has 3 rings (SSSR count). The number of benzene rings is 2. The van der Waals surface area contributed by atoms with Gasteiger partial charge in [-0.05, 0) is 24.6 Å². The van der Waals surface area contributed by atoms with E-state index in [1.165, 1.54) is 0 Å². The number of hydrogen-bond donors (Lipinski definition) is 1. The summed E-state index contributed by atoms with van der Waals surface area (Å²) in [6.07, 6.45) is -0.630. The van der Waals surface area contributed by atoms with Gasteiger partial charge in [0.15, 0.2) is 0 Å². The van der Waals surface area contributed by atoms with E-state index in [4.69, 9.17) is 15.2 Å². The van der Waals surface area contributed by atoms with Crippen LogP contribution in [0.25, 0.3) is 0 Å². The number of anilines is 1. The first-order valence-electron chi connectivity index (χ1n) is 8.12. The fourth-order valence-corrected chi connectivity index (χ4v) is 2.79. The molecule has 0 aliphatic carbocycles. The summed E-state index contributed by atoms with van der Waals surface area (Å²) in [5, 5.41) is 0. The Bertz CT molecular complexity index is 703. The van der Waals surface area contributed by atoms with Gasteiger partial charge >= 0.3 is 0 Å². The molecule has 2 aromatic carbocycles.